The summed E-state index contributed by atoms with van der Waals surface area (Å²) in [4.78, 5) is 14.0. The highest BCUT2D eigenvalue weighted by Gasteiger charge is 2.10. The number of primary amides is 1. The fourth-order valence-electron chi connectivity index (χ4n) is 1.89. The third kappa shape index (κ3) is 1.74. The van der Waals surface area contributed by atoms with E-state index in [2.05, 4.69) is 4.98 Å². The first-order chi connectivity index (χ1) is 7.61. The zero-order chi connectivity index (χ0) is 11.7. The van der Waals surface area contributed by atoms with Gasteiger partial charge < -0.3 is 15.5 Å². The van der Waals surface area contributed by atoms with E-state index in [4.69, 9.17) is 10.5 Å². The minimum absolute atomic E-state index is 0.243. The van der Waals surface area contributed by atoms with Crippen LogP contribution in [-0.2, 0) is 11.2 Å². The van der Waals surface area contributed by atoms with E-state index in [1.807, 2.05) is 19.1 Å². The first-order valence-electron chi connectivity index (χ1n) is 5.04. The van der Waals surface area contributed by atoms with Crippen molar-refractivity contribution in [2.24, 2.45) is 5.73 Å². The number of hydrogen-bond acceptors (Lipinski definition) is 2. The first kappa shape index (κ1) is 10.5. The van der Waals surface area contributed by atoms with Crippen LogP contribution in [0.25, 0.3) is 10.9 Å². The normalized spacial score (nSPS) is 10.6. The van der Waals surface area contributed by atoms with Gasteiger partial charge in [0.15, 0.2) is 0 Å². The lowest BCUT2D eigenvalue weighted by Crippen LogP contribution is -2.13. The van der Waals surface area contributed by atoms with Gasteiger partial charge in [-0.25, -0.2) is 0 Å². The quantitative estimate of drug-likeness (QED) is 0.820. The summed E-state index contributed by atoms with van der Waals surface area (Å²) in [6.45, 7) is 1.99. The number of nitrogens with one attached hydrogen (secondary N) is 1. The second-order valence-electron chi connectivity index (χ2n) is 3.85. The van der Waals surface area contributed by atoms with Gasteiger partial charge in [0.25, 0.3) is 0 Å². The standard InChI is InChI=1S/C12H14N2O2/c1-7-3-9-8(5-11(13)15)6-14-12(9)10(4-7)16-2/h3-4,6,14H,5H2,1-2H3,(H2,13,15). The fraction of sp³-hybridized carbons (Fsp3) is 0.250. The van der Waals surface area contributed by atoms with Gasteiger partial charge in [-0.1, -0.05) is 0 Å². The van der Waals surface area contributed by atoms with Gasteiger partial charge >= 0.3 is 0 Å². The van der Waals surface area contributed by atoms with Gasteiger partial charge in [0.2, 0.25) is 5.91 Å². The maximum Gasteiger partial charge on any atom is 0.221 e. The number of H-pyrrole nitrogens is 1. The molecule has 84 valence electrons. The van der Waals surface area contributed by atoms with Gasteiger partial charge in [-0.05, 0) is 30.2 Å². The molecule has 0 radical (unpaired) electrons. The van der Waals surface area contributed by atoms with Crippen molar-refractivity contribution in [2.75, 3.05) is 7.11 Å². The molecule has 0 aliphatic rings. The van der Waals surface area contributed by atoms with Gasteiger partial charge in [0.05, 0.1) is 19.0 Å². The second-order valence-corrected chi connectivity index (χ2v) is 3.85. The number of benzene rings is 1. The summed E-state index contributed by atoms with van der Waals surface area (Å²) in [5.41, 5.74) is 8.11. The highest BCUT2D eigenvalue weighted by atomic mass is 16.5. The molecule has 3 N–H and O–H groups in total. The Bertz CT molecular complexity index is 543. The molecule has 0 aliphatic carbocycles. The summed E-state index contributed by atoms with van der Waals surface area (Å²) in [5, 5.41) is 0.996. The number of aromatic nitrogens is 1. The van der Waals surface area contributed by atoms with Crippen LogP contribution < -0.4 is 10.5 Å². The van der Waals surface area contributed by atoms with Crippen LogP contribution in [0.2, 0.25) is 0 Å². The number of aryl methyl sites for hydroxylation is 1. The van der Waals surface area contributed by atoms with Gasteiger partial charge in [0, 0.05) is 11.6 Å². The number of nitrogens with two attached hydrogens (primary N) is 1. The SMILES string of the molecule is COc1cc(C)cc2c(CC(N)=O)c[nH]c12. The van der Waals surface area contributed by atoms with Crippen LogP contribution in [0.4, 0.5) is 0 Å². The summed E-state index contributed by atoms with van der Waals surface area (Å²) >= 11 is 0. The van der Waals surface area contributed by atoms with E-state index in [0.717, 1.165) is 27.8 Å². The zero-order valence-electron chi connectivity index (χ0n) is 9.33. The summed E-state index contributed by atoms with van der Waals surface area (Å²) in [5.74, 6) is 0.451. The van der Waals surface area contributed by atoms with E-state index in [1.54, 1.807) is 13.3 Å². The lowest BCUT2D eigenvalue weighted by Gasteiger charge is -2.04. The van der Waals surface area contributed by atoms with Crippen LogP contribution >= 0.6 is 0 Å². The van der Waals surface area contributed by atoms with Crippen molar-refractivity contribution in [1.82, 2.24) is 4.98 Å². The average molecular weight is 218 g/mol. The summed E-state index contributed by atoms with van der Waals surface area (Å²) < 4.78 is 5.28. The number of ether oxygens (including phenoxy) is 1. The maximum atomic E-state index is 10.9. The highest BCUT2D eigenvalue weighted by Crippen LogP contribution is 2.29. The van der Waals surface area contributed by atoms with E-state index in [0.29, 0.717) is 0 Å². The zero-order valence-corrected chi connectivity index (χ0v) is 9.33. The lowest BCUT2D eigenvalue weighted by atomic mass is 10.1. The average Bonchev–Trinajstić information content (AvgIpc) is 2.59. The molecule has 0 aliphatic heterocycles. The van der Waals surface area contributed by atoms with Gasteiger partial charge in [0.1, 0.15) is 5.75 Å². The molecular formula is C12H14N2O2. The number of aromatic amines is 1. The molecule has 4 heteroatoms. The number of carbonyl (C=O) groups is 1. The number of methoxy groups -OCH3 is 1. The van der Waals surface area contributed by atoms with E-state index in [1.165, 1.54) is 0 Å². The van der Waals surface area contributed by atoms with Crippen molar-refractivity contribution in [3.8, 4) is 5.75 Å². The molecule has 0 fully saturated rings. The smallest absolute Gasteiger partial charge is 0.221 e. The molecule has 0 saturated carbocycles. The Balaban J connectivity index is 2.62. The molecule has 2 aromatic rings. The van der Waals surface area contributed by atoms with E-state index >= 15 is 0 Å². The van der Waals surface area contributed by atoms with Gasteiger partial charge in [-0.15, -0.1) is 0 Å². The molecule has 2 rings (SSSR count). The first-order valence-corrected chi connectivity index (χ1v) is 5.04. The topological polar surface area (TPSA) is 68.1 Å². The third-order valence-corrected chi connectivity index (χ3v) is 2.57. The molecule has 1 heterocycles. The van der Waals surface area contributed by atoms with E-state index in [9.17, 15) is 4.79 Å². The molecule has 1 aromatic carbocycles. The molecule has 0 bridgehead atoms. The number of fused-ring (bicyclic) bond motifs is 1. The molecule has 0 atom stereocenters. The van der Waals surface area contributed by atoms with Gasteiger partial charge in [-0.2, -0.15) is 0 Å². The van der Waals surface area contributed by atoms with Crippen molar-refractivity contribution in [1.29, 1.82) is 0 Å². The monoisotopic (exact) mass is 218 g/mol. The Morgan fingerprint density at radius 3 is 2.88 bits per heavy atom. The van der Waals surface area contributed by atoms with E-state index in [-0.39, 0.29) is 12.3 Å². The van der Waals surface area contributed by atoms with Crippen LogP contribution in [0.15, 0.2) is 18.3 Å². The minimum Gasteiger partial charge on any atom is -0.495 e. The highest BCUT2D eigenvalue weighted by molar-refractivity contribution is 5.92. The summed E-state index contributed by atoms with van der Waals surface area (Å²) in [6.07, 6.45) is 2.05. The Hall–Kier alpha value is -1.97. The van der Waals surface area contributed by atoms with Crippen molar-refractivity contribution in [3.05, 3.63) is 29.5 Å². The number of carbonyl (C=O) groups excluding carboxylic acids is 1. The lowest BCUT2D eigenvalue weighted by molar-refractivity contribution is -0.117. The van der Waals surface area contributed by atoms with Crippen LogP contribution in [0.3, 0.4) is 0 Å². The fourth-order valence-corrected chi connectivity index (χ4v) is 1.89. The maximum absolute atomic E-state index is 10.9. The summed E-state index contributed by atoms with van der Waals surface area (Å²) in [7, 11) is 1.63. The van der Waals surface area contributed by atoms with Crippen LogP contribution in [0, 0.1) is 6.92 Å². The molecule has 4 nitrogen and oxygen atoms in total. The molecule has 0 saturated heterocycles. The molecule has 16 heavy (non-hydrogen) atoms. The second kappa shape index (κ2) is 3.89. The van der Waals surface area contributed by atoms with Crippen molar-refractivity contribution >= 4 is 16.8 Å². The summed E-state index contributed by atoms with van der Waals surface area (Å²) in [6, 6.07) is 3.97. The number of amides is 1. The predicted octanol–water partition coefficient (Wildman–Crippen LogP) is 1.51. The van der Waals surface area contributed by atoms with E-state index < -0.39 is 0 Å². The van der Waals surface area contributed by atoms with Crippen LogP contribution in [-0.4, -0.2) is 18.0 Å². The third-order valence-electron chi connectivity index (χ3n) is 2.57. The van der Waals surface area contributed by atoms with Crippen LogP contribution in [0.1, 0.15) is 11.1 Å². The number of hydrogen-bond donors (Lipinski definition) is 2. The Morgan fingerprint density at radius 2 is 2.25 bits per heavy atom. The minimum atomic E-state index is -0.332. The van der Waals surface area contributed by atoms with Gasteiger partial charge in [-0.3, -0.25) is 4.79 Å². The Labute approximate surface area is 93.4 Å². The predicted molar refractivity (Wildman–Crippen MR) is 62.5 cm³/mol. The molecular weight excluding hydrogens is 204 g/mol. The van der Waals surface area contributed by atoms with Crippen molar-refractivity contribution in [3.63, 3.8) is 0 Å². The van der Waals surface area contributed by atoms with Crippen molar-refractivity contribution in [2.45, 2.75) is 13.3 Å². The Morgan fingerprint density at radius 1 is 1.50 bits per heavy atom. The molecule has 1 aromatic heterocycles. The largest absolute Gasteiger partial charge is 0.495 e. The molecule has 1 amide bonds. The number of rotatable bonds is 3. The molecule has 0 spiro atoms. The molecule has 0 unspecified atom stereocenters. The Kier molecular flexibility index (Phi) is 2.56. The van der Waals surface area contributed by atoms with Crippen LogP contribution in [0.5, 0.6) is 5.75 Å². The van der Waals surface area contributed by atoms with Crippen molar-refractivity contribution < 1.29 is 9.53 Å².